The second kappa shape index (κ2) is 5.53. The maximum absolute atomic E-state index is 5.59. The first-order valence-corrected chi connectivity index (χ1v) is 4.30. The summed E-state index contributed by atoms with van der Waals surface area (Å²) in [5, 5.41) is 0. The second-order valence-electron chi connectivity index (χ2n) is 2.93. The molecule has 0 radical (unpaired) electrons. The van der Waals surface area contributed by atoms with Crippen molar-refractivity contribution < 1.29 is 47.2 Å². The molecule has 0 aliphatic carbocycles. The molecule has 0 bridgehead atoms. The van der Waals surface area contributed by atoms with Gasteiger partial charge in [0.25, 0.3) is 0 Å². The Morgan fingerprint density at radius 2 is 1.25 bits per heavy atom. The smallest absolute Gasteiger partial charge is 0.568 e. The van der Waals surface area contributed by atoms with E-state index in [0.29, 0.717) is 23.0 Å². The first kappa shape index (κ1) is 13.3. The normalized spacial score (nSPS) is 10.5. The third kappa shape index (κ3) is 2.32. The largest absolute Gasteiger partial charge is 1.00 e. The standard InChI is InChI=1S/C12H6O2.2Li/c1-2-6-10-9(5-1)13-11-7-3-4-8-12(11)14-10;;/h1-5,7H;;/q-2;2*+1. The van der Waals surface area contributed by atoms with Gasteiger partial charge in [0.1, 0.15) is 0 Å². The summed E-state index contributed by atoms with van der Waals surface area (Å²) in [5.74, 6) is 2.61. The number of fused-ring (bicyclic) bond motifs is 2. The van der Waals surface area contributed by atoms with Crippen molar-refractivity contribution >= 4 is 0 Å². The Labute approximate surface area is 118 Å². The van der Waals surface area contributed by atoms with Gasteiger partial charge in [-0.25, -0.2) is 0 Å². The first-order chi connectivity index (χ1) is 6.93. The topological polar surface area (TPSA) is 18.5 Å². The molecule has 0 N–H and O–H groups in total. The van der Waals surface area contributed by atoms with Gasteiger partial charge in [0.15, 0.2) is 0 Å². The number of benzene rings is 2. The van der Waals surface area contributed by atoms with Gasteiger partial charge < -0.3 is 9.47 Å². The maximum atomic E-state index is 5.59. The Bertz CT molecular complexity index is 398. The number of hydrogen-bond donors (Lipinski definition) is 0. The van der Waals surface area contributed by atoms with Crippen LogP contribution in [0.2, 0.25) is 0 Å². The van der Waals surface area contributed by atoms with E-state index in [1.54, 1.807) is 12.1 Å². The van der Waals surface area contributed by atoms with Crippen LogP contribution >= 0.6 is 0 Å². The zero-order valence-electron chi connectivity index (χ0n) is 9.28. The summed E-state index contributed by atoms with van der Waals surface area (Å²) in [7, 11) is 0. The van der Waals surface area contributed by atoms with E-state index in [0.717, 1.165) is 0 Å². The second-order valence-corrected chi connectivity index (χ2v) is 2.93. The fraction of sp³-hybridized carbons (Fsp3) is 0. The molecule has 2 aromatic carbocycles. The molecular formula is C12H6Li2O2. The zero-order valence-corrected chi connectivity index (χ0v) is 9.28. The Morgan fingerprint density at radius 1 is 0.750 bits per heavy atom. The van der Waals surface area contributed by atoms with Gasteiger partial charge in [0.2, 0.25) is 0 Å². The van der Waals surface area contributed by atoms with E-state index in [1.165, 1.54) is 0 Å². The van der Waals surface area contributed by atoms with Crippen molar-refractivity contribution in [3.63, 3.8) is 0 Å². The Morgan fingerprint density at radius 3 is 1.75 bits per heavy atom. The van der Waals surface area contributed by atoms with Crippen LogP contribution in [0.15, 0.2) is 36.4 Å². The predicted octanol–water partition coefficient (Wildman–Crippen LogP) is -2.81. The monoisotopic (exact) mass is 196 g/mol. The summed E-state index contributed by atoms with van der Waals surface area (Å²) in [6.07, 6.45) is 0. The number of hydrogen-bond acceptors (Lipinski definition) is 2. The number of para-hydroxylation sites is 2. The summed E-state index contributed by atoms with van der Waals surface area (Å²) < 4.78 is 11.1. The minimum atomic E-state index is 0. The number of ether oxygens (including phenoxy) is 2. The summed E-state index contributed by atoms with van der Waals surface area (Å²) in [6, 6.07) is 16.9. The van der Waals surface area contributed by atoms with Crippen molar-refractivity contribution in [2.75, 3.05) is 0 Å². The van der Waals surface area contributed by atoms with Crippen LogP contribution in [0.4, 0.5) is 0 Å². The van der Waals surface area contributed by atoms with Crippen molar-refractivity contribution in [2.45, 2.75) is 0 Å². The summed E-state index contributed by atoms with van der Waals surface area (Å²) in [5.41, 5.74) is 0. The first-order valence-electron chi connectivity index (χ1n) is 4.30. The van der Waals surface area contributed by atoms with Crippen LogP contribution in [0.5, 0.6) is 23.0 Å². The predicted molar refractivity (Wildman–Crippen MR) is 50.7 cm³/mol. The molecule has 0 fully saturated rings. The molecule has 1 aliphatic rings. The third-order valence-electron chi connectivity index (χ3n) is 1.99. The van der Waals surface area contributed by atoms with Gasteiger partial charge in [-0.3, -0.25) is 0 Å². The molecule has 0 atom stereocenters. The average Bonchev–Trinajstić information content (AvgIpc) is 2.26. The molecule has 3 rings (SSSR count). The Kier molecular flexibility index (Phi) is 4.60. The molecule has 0 spiro atoms. The molecule has 1 aliphatic heterocycles. The van der Waals surface area contributed by atoms with Crippen LogP contribution in [0, 0.1) is 12.1 Å². The van der Waals surface area contributed by atoms with Gasteiger partial charge in [-0.15, -0.1) is 24.3 Å². The fourth-order valence-electron chi connectivity index (χ4n) is 1.35. The van der Waals surface area contributed by atoms with Crippen LogP contribution in [0.25, 0.3) is 0 Å². The van der Waals surface area contributed by atoms with Crippen molar-refractivity contribution in [3.8, 4) is 23.0 Å². The van der Waals surface area contributed by atoms with E-state index < -0.39 is 0 Å². The summed E-state index contributed by atoms with van der Waals surface area (Å²) in [6.45, 7) is 0. The molecule has 0 saturated carbocycles. The van der Waals surface area contributed by atoms with E-state index in [-0.39, 0.29) is 37.7 Å². The van der Waals surface area contributed by atoms with E-state index in [4.69, 9.17) is 9.47 Å². The van der Waals surface area contributed by atoms with E-state index in [1.807, 2.05) is 24.3 Å². The molecule has 0 saturated heterocycles. The van der Waals surface area contributed by atoms with Gasteiger partial charge in [-0.05, 0) is 0 Å². The van der Waals surface area contributed by atoms with E-state index >= 15 is 0 Å². The van der Waals surface area contributed by atoms with Crippen molar-refractivity contribution in [1.82, 2.24) is 0 Å². The molecule has 2 aromatic rings. The SMILES string of the molecule is [Li+].[Li+].[c-]1cccc2c1Oc1[c-]cccc1O2. The quantitative estimate of drug-likeness (QED) is 0.285. The summed E-state index contributed by atoms with van der Waals surface area (Å²) in [4.78, 5) is 0. The summed E-state index contributed by atoms with van der Waals surface area (Å²) >= 11 is 0. The van der Waals surface area contributed by atoms with Crippen molar-refractivity contribution in [3.05, 3.63) is 48.5 Å². The van der Waals surface area contributed by atoms with Gasteiger partial charge in [0, 0.05) is 11.5 Å². The minimum absolute atomic E-state index is 0. The minimum Gasteiger partial charge on any atom is -0.568 e. The molecule has 16 heavy (non-hydrogen) atoms. The van der Waals surface area contributed by atoms with Gasteiger partial charge in [0.05, 0.1) is 11.5 Å². The van der Waals surface area contributed by atoms with Crippen LogP contribution < -0.4 is 47.2 Å². The van der Waals surface area contributed by atoms with Crippen molar-refractivity contribution in [1.29, 1.82) is 0 Å². The molecule has 2 nitrogen and oxygen atoms in total. The zero-order chi connectivity index (χ0) is 9.38. The molecule has 0 unspecified atom stereocenters. The van der Waals surface area contributed by atoms with Gasteiger partial charge >= 0.3 is 37.7 Å². The van der Waals surface area contributed by atoms with Crippen LogP contribution in [-0.2, 0) is 0 Å². The maximum Gasteiger partial charge on any atom is 1.00 e. The van der Waals surface area contributed by atoms with Crippen LogP contribution in [0.3, 0.4) is 0 Å². The number of rotatable bonds is 0. The molecule has 68 valence electrons. The molecule has 0 amide bonds. The molecular weight excluding hydrogens is 190 g/mol. The van der Waals surface area contributed by atoms with Gasteiger partial charge in [-0.1, -0.05) is 0 Å². The third-order valence-corrected chi connectivity index (χ3v) is 1.99. The van der Waals surface area contributed by atoms with Crippen LogP contribution in [0.1, 0.15) is 0 Å². The Balaban J connectivity index is 0.000000640. The Hall–Kier alpha value is -0.765. The average molecular weight is 196 g/mol. The molecule has 0 aromatic heterocycles. The molecule has 4 heteroatoms. The van der Waals surface area contributed by atoms with E-state index in [9.17, 15) is 0 Å². The van der Waals surface area contributed by atoms with Gasteiger partial charge in [-0.2, -0.15) is 24.3 Å². The van der Waals surface area contributed by atoms with E-state index in [2.05, 4.69) is 12.1 Å². The fourth-order valence-corrected chi connectivity index (χ4v) is 1.35. The van der Waals surface area contributed by atoms with Crippen LogP contribution in [-0.4, -0.2) is 0 Å². The van der Waals surface area contributed by atoms with Crippen molar-refractivity contribution in [2.24, 2.45) is 0 Å². The molecule has 1 heterocycles.